The van der Waals surface area contributed by atoms with Crippen LogP contribution < -0.4 is 11.2 Å². The third-order valence-corrected chi connectivity index (χ3v) is 3.12. The third-order valence-electron chi connectivity index (χ3n) is 2.39. The van der Waals surface area contributed by atoms with Gasteiger partial charge in [0.05, 0.1) is 5.69 Å². The van der Waals surface area contributed by atoms with Crippen molar-refractivity contribution in [2.24, 2.45) is 0 Å². The summed E-state index contributed by atoms with van der Waals surface area (Å²) in [5.41, 5.74) is -0.708. The molecule has 0 atom stereocenters. The highest BCUT2D eigenvalue weighted by molar-refractivity contribution is 7.98. The SMILES string of the molecule is CSc1cccc(-n2cc(C#N)c(=O)[nH]c2=O)c1. The molecule has 2 aromatic rings. The second kappa shape index (κ2) is 4.94. The van der Waals surface area contributed by atoms with Gasteiger partial charge in [-0.3, -0.25) is 14.3 Å². The molecule has 0 amide bonds. The fraction of sp³-hybridized carbons (Fsp3) is 0.0833. The van der Waals surface area contributed by atoms with Crippen LogP contribution in [0.2, 0.25) is 0 Å². The van der Waals surface area contributed by atoms with Crippen molar-refractivity contribution in [2.45, 2.75) is 4.90 Å². The Labute approximate surface area is 107 Å². The van der Waals surface area contributed by atoms with Gasteiger partial charge < -0.3 is 0 Å². The number of aromatic amines is 1. The Morgan fingerprint density at radius 2 is 2.17 bits per heavy atom. The zero-order valence-electron chi connectivity index (χ0n) is 9.51. The summed E-state index contributed by atoms with van der Waals surface area (Å²) in [5, 5.41) is 8.79. The molecule has 18 heavy (non-hydrogen) atoms. The van der Waals surface area contributed by atoms with E-state index in [1.54, 1.807) is 23.9 Å². The molecule has 0 aliphatic heterocycles. The van der Waals surface area contributed by atoms with Crippen molar-refractivity contribution in [1.29, 1.82) is 5.26 Å². The molecule has 1 aromatic heterocycles. The molecule has 0 saturated heterocycles. The van der Waals surface area contributed by atoms with Gasteiger partial charge in [-0.1, -0.05) is 6.07 Å². The van der Waals surface area contributed by atoms with Gasteiger partial charge in [0.2, 0.25) is 0 Å². The molecule has 1 aromatic carbocycles. The van der Waals surface area contributed by atoms with Crippen LogP contribution in [0.4, 0.5) is 0 Å². The first-order valence-electron chi connectivity index (χ1n) is 5.06. The molecule has 1 heterocycles. The smallest absolute Gasteiger partial charge is 0.273 e. The summed E-state index contributed by atoms with van der Waals surface area (Å²) >= 11 is 1.54. The Kier molecular flexibility index (Phi) is 3.35. The van der Waals surface area contributed by atoms with Crippen molar-refractivity contribution in [3.8, 4) is 11.8 Å². The number of hydrogen-bond acceptors (Lipinski definition) is 4. The van der Waals surface area contributed by atoms with Crippen molar-refractivity contribution >= 4 is 11.8 Å². The number of nitriles is 1. The summed E-state index contributed by atoms with van der Waals surface area (Å²) in [6.07, 6.45) is 3.18. The summed E-state index contributed by atoms with van der Waals surface area (Å²) in [6.45, 7) is 0. The largest absolute Gasteiger partial charge is 0.332 e. The van der Waals surface area contributed by atoms with Crippen LogP contribution in [0.3, 0.4) is 0 Å². The van der Waals surface area contributed by atoms with E-state index in [4.69, 9.17) is 5.26 Å². The maximum Gasteiger partial charge on any atom is 0.332 e. The van der Waals surface area contributed by atoms with Crippen LogP contribution in [0.15, 0.2) is 44.9 Å². The van der Waals surface area contributed by atoms with E-state index in [2.05, 4.69) is 4.98 Å². The Bertz CT molecular complexity index is 740. The van der Waals surface area contributed by atoms with Crippen LogP contribution in [0.1, 0.15) is 5.56 Å². The van der Waals surface area contributed by atoms with Crippen molar-refractivity contribution < 1.29 is 0 Å². The van der Waals surface area contributed by atoms with Crippen LogP contribution in [-0.4, -0.2) is 15.8 Å². The number of nitrogens with one attached hydrogen (secondary N) is 1. The lowest BCUT2D eigenvalue weighted by Crippen LogP contribution is -2.30. The molecule has 0 aliphatic carbocycles. The summed E-state index contributed by atoms with van der Waals surface area (Å²) in [4.78, 5) is 26.1. The van der Waals surface area contributed by atoms with Crippen molar-refractivity contribution in [3.05, 3.63) is 56.9 Å². The second-order valence-corrected chi connectivity index (χ2v) is 4.36. The predicted molar refractivity (Wildman–Crippen MR) is 69.2 cm³/mol. The zero-order chi connectivity index (χ0) is 13.1. The monoisotopic (exact) mass is 259 g/mol. The van der Waals surface area contributed by atoms with Crippen molar-refractivity contribution in [1.82, 2.24) is 9.55 Å². The van der Waals surface area contributed by atoms with Gasteiger partial charge in [-0.25, -0.2) is 4.79 Å². The lowest BCUT2D eigenvalue weighted by molar-refractivity contribution is 0.886. The normalized spacial score (nSPS) is 10.0. The van der Waals surface area contributed by atoms with E-state index in [0.717, 1.165) is 4.90 Å². The topological polar surface area (TPSA) is 78.7 Å². The average Bonchev–Trinajstić information content (AvgIpc) is 2.39. The predicted octanol–water partition coefficient (Wildman–Crippen LogP) is 1.12. The highest BCUT2D eigenvalue weighted by Gasteiger charge is 2.06. The first-order valence-corrected chi connectivity index (χ1v) is 6.28. The minimum absolute atomic E-state index is 0.0934. The van der Waals surface area contributed by atoms with Crippen molar-refractivity contribution in [3.63, 3.8) is 0 Å². The fourth-order valence-corrected chi connectivity index (χ4v) is 1.96. The summed E-state index contributed by atoms with van der Waals surface area (Å²) in [5.74, 6) is 0. The summed E-state index contributed by atoms with van der Waals surface area (Å²) in [7, 11) is 0. The summed E-state index contributed by atoms with van der Waals surface area (Å²) in [6, 6.07) is 9.02. The number of hydrogen-bond donors (Lipinski definition) is 1. The van der Waals surface area contributed by atoms with E-state index in [1.165, 1.54) is 10.8 Å². The lowest BCUT2D eigenvalue weighted by Gasteiger charge is -2.06. The molecule has 0 unspecified atom stereocenters. The molecule has 0 aliphatic rings. The van der Waals surface area contributed by atoms with Gasteiger partial charge in [0, 0.05) is 11.1 Å². The molecule has 0 bridgehead atoms. The summed E-state index contributed by atoms with van der Waals surface area (Å²) < 4.78 is 1.25. The first kappa shape index (κ1) is 12.2. The third kappa shape index (κ3) is 2.21. The number of benzene rings is 1. The van der Waals surface area contributed by atoms with E-state index in [1.807, 2.05) is 24.5 Å². The number of nitrogens with zero attached hydrogens (tertiary/aromatic N) is 2. The molecule has 0 spiro atoms. The molecule has 1 N–H and O–H groups in total. The number of aromatic nitrogens is 2. The molecule has 6 heteroatoms. The molecular formula is C12H9N3O2S. The fourth-order valence-electron chi connectivity index (χ4n) is 1.50. The highest BCUT2D eigenvalue weighted by atomic mass is 32.2. The van der Waals surface area contributed by atoms with Gasteiger partial charge >= 0.3 is 5.69 Å². The maximum atomic E-state index is 11.7. The molecule has 2 rings (SSSR count). The van der Waals surface area contributed by atoms with E-state index in [0.29, 0.717) is 5.69 Å². The zero-order valence-corrected chi connectivity index (χ0v) is 10.3. The van der Waals surface area contributed by atoms with Crippen LogP contribution >= 0.6 is 11.8 Å². The van der Waals surface area contributed by atoms with Crippen LogP contribution in [0, 0.1) is 11.3 Å². The van der Waals surface area contributed by atoms with Gasteiger partial charge in [0.15, 0.2) is 0 Å². The molecule has 5 nitrogen and oxygen atoms in total. The highest BCUT2D eigenvalue weighted by Crippen LogP contribution is 2.17. The van der Waals surface area contributed by atoms with E-state index in [9.17, 15) is 9.59 Å². The molecule has 0 saturated carbocycles. The van der Waals surface area contributed by atoms with Gasteiger partial charge in [-0.2, -0.15) is 5.26 Å². The number of H-pyrrole nitrogens is 1. The first-order chi connectivity index (χ1) is 8.65. The molecular weight excluding hydrogens is 250 g/mol. The van der Waals surface area contributed by atoms with E-state index in [-0.39, 0.29) is 5.56 Å². The van der Waals surface area contributed by atoms with E-state index >= 15 is 0 Å². The number of thioether (sulfide) groups is 1. The molecule has 0 fully saturated rings. The Balaban J connectivity index is 2.68. The van der Waals surface area contributed by atoms with Crippen LogP contribution in [-0.2, 0) is 0 Å². The van der Waals surface area contributed by atoms with Gasteiger partial charge in [-0.05, 0) is 24.5 Å². The number of rotatable bonds is 2. The maximum absolute atomic E-state index is 11.7. The molecule has 90 valence electrons. The molecule has 0 radical (unpaired) electrons. The van der Waals surface area contributed by atoms with Crippen LogP contribution in [0.5, 0.6) is 0 Å². The lowest BCUT2D eigenvalue weighted by atomic mass is 10.3. The van der Waals surface area contributed by atoms with Crippen molar-refractivity contribution in [2.75, 3.05) is 6.26 Å². The quantitative estimate of drug-likeness (QED) is 0.820. The van der Waals surface area contributed by atoms with Crippen LogP contribution in [0.25, 0.3) is 5.69 Å². The Morgan fingerprint density at radius 3 is 2.83 bits per heavy atom. The van der Waals surface area contributed by atoms with Gasteiger partial charge in [0.25, 0.3) is 5.56 Å². The average molecular weight is 259 g/mol. The second-order valence-electron chi connectivity index (χ2n) is 3.49. The Hall–Kier alpha value is -2.26. The minimum Gasteiger partial charge on any atom is -0.273 e. The van der Waals surface area contributed by atoms with Gasteiger partial charge in [0.1, 0.15) is 11.6 Å². The van der Waals surface area contributed by atoms with Gasteiger partial charge in [-0.15, -0.1) is 11.8 Å². The van der Waals surface area contributed by atoms with E-state index < -0.39 is 11.2 Å². The standard InChI is InChI=1S/C12H9N3O2S/c1-18-10-4-2-3-9(5-10)15-7-8(6-13)11(16)14-12(15)17/h2-5,7H,1H3,(H,14,16,17). The Morgan fingerprint density at radius 1 is 1.39 bits per heavy atom. The minimum atomic E-state index is -0.667.